The van der Waals surface area contributed by atoms with Gasteiger partial charge in [0.1, 0.15) is 5.75 Å². The van der Waals surface area contributed by atoms with Gasteiger partial charge in [-0.1, -0.05) is 12.8 Å². The van der Waals surface area contributed by atoms with Crippen LogP contribution in [0, 0.1) is 0 Å². The van der Waals surface area contributed by atoms with Crippen LogP contribution in [0.2, 0.25) is 0 Å². The van der Waals surface area contributed by atoms with Gasteiger partial charge in [-0.15, -0.1) is 0 Å². The molecule has 1 aliphatic rings. The highest BCUT2D eigenvalue weighted by atomic mass is 16.5. The second kappa shape index (κ2) is 7.09. The zero-order valence-corrected chi connectivity index (χ0v) is 11.2. The first-order valence-electron chi connectivity index (χ1n) is 6.85. The maximum absolute atomic E-state index is 12.0. The van der Waals surface area contributed by atoms with Crippen molar-refractivity contribution >= 4 is 5.91 Å². The first-order chi connectivity index (χ1) is 9.29. The predicted molar refractivity (Wildman–Crippen MR) is 72.7 cm³/mol. The number of ether oxygens (including phenoxy) is 1. The van der Waals surface area contributed by atoms with Crippen LogP contribution in [0.1, 0.15) is 31.4 Å². The summed E-state index contributed by atoms with van der Waals surface area (Å²) in [7, 11) is 0. The lowest BCUT2D eigenvalue weighted by Crippen LogP contribution is -2.35. The predicted octanol–water partition coefficient (Wildman–Crippen LogP) is 1.32. The van der Waals surface area contributed by atoms with Gasteiger partial charge in [-0.2, -0.15) is 0 Å². The second-order valence-corrected chi connectivity index (χ2v) is 4.77. The molecule has 2 rings (SSSR count). The summed E-state index contributed by atoms with van der Waals surface area (Å²) in [5.41, 5.74) is 6.28. The van der Waals surface area contributed by atoms with Gasteiger partial charge in [-0.05, 0) is 25.0 Å². The van der Waals surface area contributed by atoms with Crippen LogP contribution >= 0.6 is 0 Å². The van der Waals surface area contributed by atoms with E-state index in [2.05, 4.69) is 4.98 Å². The van der Waals surface area contributed by atoms with Crippen LogP contribution in [0.4, 0.5) is 0 Å². The van der Waals surface area contributed by atoms with E-state index in [-0.39, 0.29) is 12.5 Å². The van der Waals surface area contributed by atoms with Crippen LogP contribution in [0.3, 0.4) is 0 Å². The Morgan fingerprint density at radius 1 is 1.26 bits per heavy atom. The molecule has 104 valence electrons. The zero-order chi connectivity index (χ0) is 13.5. The van der Waals surface area contributed by atoms with E-state index < -0.39 is 0 Å². The SMILES string of the molecule is NCc1ccc(OCC(=O)N2CCCCCC2)cn1. The van der Waals surface area contributed by atoms with Crippen LogP contribution in [0.25, 0.3) is 0 Å². The van der Waals surface area contributed by atoms with Gasteiger partial charge in [0, 0.05) is 19.6 Å². The molecular formula is C14H21N3O2. The molecule has 0 atom stereocenters. The van der Waals surface area contributed by atoms with Gasteiger partial charge >= 0.3 is 0 Å². The van der Waals surface area contributed by atoms with E-state index in [4.69, 9.17) is 10.5 Å². The van der Waals surface area contributed by atoms with E-state index in [1.165, 1.54) is 12.8 Å². The first-order valence-corrected chi connectivity index (χ1v) is 6.85. The molecule has 2 N–H and O–H groups in total. The number of carbonyl (C=O) groups excluding carboxylic acids is 1. The van der Waals surface area contributed by atoms with Crippen molar-refractivity contribution in [2.24, 2.45) is 5.73 Å². The van der Waals surface area contributed by atoms with Gasteiger partial charge in [-0.25, -0.2) is 0 Å². The summed E-state index contributed by atoms with van der Waals surface area (Å²) in [4.78, 5) is 18.0. The smallest absolute Gasteiger partial charge is 0.260 e. The number of rotatable bonds is 4. The molecule has 1 aromatic rings. The Morgan fingerprint density at radius 2 is 2.00 bits per heavy atom. The molecule has 1 aromatic heterocycles. The lowest BCUT2D eigenvalue weighted by molar-refractivity contribution is -0.133. The van der Waals surface area contributed by atoms with Crippen molar-refractivity contribution in [3.8, 4) is 5.75 Å². The Morgan fingerprint density at radius 3 is 2.58 bits per heavy atom. The van der Waals surface area contributed by atoms with E-state index in [0.717, 1.165) is 31.6 Å². The molecule has 0 radical (unpaired) electrons. The molecular weight excluding hydrogens is 242 g/mol. The third-order valence-corrected chi connectivity index (χ3v) is 3.33. The van der Waals surface area contributed by atoms with E-state index in [0.29, 0.717) is 12.3 Å². The highest BCUT2D eigenvalue weighted by Crippen LogP contribution is 2.12. The third kappa shape index (κ3) is 4.21. The highest BCUT2D eigenvalue weighted by molar-refractivity contribution is 5.77. The van der Waals surface area contributed by atoms with Crippen molar-refractivity contribution in [1.29, 1.82) is 0 Å². The quantitative estimate of drug-likeness (QED) is 0.889. The normalized spacial score (nSPS) is 15.9. The van der Waals surface area contributed by atoms with Crippen molar-refractivity contribution in [3.63, 3.8) is 0 Å². The van der Waals surface area contributed by atoms with Crippen LogP contribution in [-0.2, 0) is 11.3 Å². The Bertz CT molecular complexity index is 398. The van der Waals surface area contributed by atoms with Crippen LogP contribution in [0.5, 0.6) is 5.75 Å². The van der Waals surface area contributed by atoms with E-state index >= 15 is 0 Å². The van der Waals surface area contributed by atoms with Gasteiger partial charge in [0.15, 0.2) is 6.61 Å². The largest absolute Gasteiger partial charge is 0.482 e. The molecule has 0 spiro atoms. The first kappa shape index (κ1) is 13.8. The maximum Gasteiger partial charge on any atom is 0.260 e. The van der Waals surface area contributed by atoms with Crippen molar-refractivity contribution in [1.82, 2.24) is 9.88 Å². The third-order valence-electron chi connectivity index (χ3n) is 3.33. The summed E-state index contributed by atoms with van der Waals surface area (Å²) in [6, 6.07) is 3.61. The summed E-state index contributed by atoms with van der Waals surface area (Å²) >= 11 is 0. The van der Waals surface area contributed by atoms with Gasteiger partial charge in [0.25, 0.3) is 5.91 Å². The molecule has 19 heavy (non-hydrogen) atoms. The van der Waals surface area contributed by atoms with Crippen LogP contribution < -0.4 is 10.5 Å². The maximum atomic E-state index is 12.0. The number of pyridine rings is 1. The standard InChI is InChI=1S/C14H21N3O2/c15-9-12-5-6-13(10-16-12)19-11-14(18)17-7-3-1-2-4-8-17/h5-6,10H,1-4,7-9,11,15H2. The molecule has 2 heterocycles. The number of nitrogens with zero attached hydrogens (tertiary/aromatic N) is 2. The lowest BCUT2D eigenvalue weighted by atomic mass is 10.2. The Kier molecular flexibility index (Phi) is 5.15. The summed E-state index contributed by atoms with van der Waals surface area (Å²) in [6.45, 7) is 2.20. The molecule has 1 aliphatic heterocycles. The molecule has 0 saturated carbocycles. The second-order valence-electron chi connectivity index (χ2n) is 4.77. The Balaban J connectivity index is 1.81. The summed E-state index contributed by atoms with van der Waals surface area (Å²) < 4.78 is 5.47. The minimum Gasteiger partial charge on any atom is -0.482 e. The number of amides is 1. The molecule has 0 unspecified atom stereocenters. The molecule has 5 nitrogen and oxygen atoms in total. The summed E-state index contributed by atoms with van der Waals surface area (Å²) in [6.07, 6.45) is 6.24. The monoisotopic (exact) mass is 263 g/mol. The summed E-state index contributed by atoms with van der Waals surface area (Å²) in [5.74, 6) is 0.671. The number of nitrogens with two attached hydrogens (primary N) is 1. The zero-order valence-electron chi connectivity index (χ0n) is 11.2. The number of carbonyl (C=O) groups is 1. The van der Waals surface area contributed by atoms with Crippen molar-refractivity contribution in [2.45, 2.75) is 32.2 Å². The van der Waals surface area contributed by atoms with Crippen LogP contribution in [0.15, 0.2) is 18.3 Å². The van der Waals surface area contributed by atoms with Crippen molar-refractivity contribution in [3.05, 3.63) is 24.0 Å². The van der Waals surface area contributed by atoms with Gasteiger partial charge in [0.2, 0.25) is 0 Å². The van der Waals surface area contributed by atoms with E-state index in [1.54, 1.807) is 12.3 Å². The van der Waals surface area contributed by atoms with Crippen LogP contribution in [-0.4, -0.2) is 35.5 Å². The average Bonchev–Trinajstić information content (AvgIpc) is 2.74. The summed E-state index contributed by atoms with van der Waals surface area (Å²) in [5, 5.41) is 0. The number of hydrogen-bond donors (Lipinski definition) is 1. The Hall–Kier alpha value is -1.62. The fourth-order valence-corrected chi connectivity index (χ4v) is 2.17. The topological polar surface area (TPSA) is 68.5 Å². The van der Waals surface area contributed by atoms with Crippen molar-refractivity contribution in [2.75, 3.05) is 19.7 Å². The number of hydrogen-bond acceptors (Lipinski definition) is 4. The molecule has 1 fully saturated rings. The van der Waals surface area contributed by atoms with E-state index in [1.807, 2.05) is 11.0 Å². The van der Waals surface area contributed by atoms with Crippen molar-refractivity contribution < 1.29 is 9.53 Å². The number of likely N-dealkylation sites (tertiary alicyclic amines) is 1. The van der Waals surface area contributed by atoms with Gasteiger partial charge in [-0.3, -0.25) is 9.78 Å². The Labute approximate surface area is 113 Å². The molecule has 1 saturated heterocycles. The molecule has 0 aromatic carbocycles. The minimum absolute atomic E-state index is 0.0600. The minimum atomic E-state index is 0.0600. The number of aromatic nitrogens is 1. The molecule has 0 aliphatic carbocycles. The highest BCUT2D eigenvalue weighted by Gasteiger charge is 2.15. The van der Waals surface area contributed by atoms with Gasteiger partial charge < -0.3 is 15.4 Å². The lowest BCUT2D eigenvalue weighted by Gasteiger charge is -2.20. The van der Waals surface area contributed by atoms with E-state index in [9.17, 15) is 4.79 Å². The van der Waals surface area contributed by atoms with Gasteiger partial charge in [0.05, 0.1) is 11.9 Å². The average molecular weight is 263 g/mol. The molecule has 0 bridgehead atoms. The fraction of sp³-hybridized carbons (Fsp3) is 0.571. The molecule has 5 heteroatoms. The fourth-order valence-electron chi connectivity index (χ4n) is 2.17. The molecule has 1 amide bonds.